The highest BCUT2D eigenvalue weighted by Crippen LogP contribution is 2.29. The summed E-state index contributed by atoms with van der Waals surface area (Å²) in [6, 6.07) is 6.19. The Morgan fingerprint density at radius 2 is 1.95 bits per heavy atom. The number of sulfonamides is 1. The smallest absolute Gasteiger partial charge is 0.262 e. The Labute approximate surface area is 129 Å². The lowest BCUT2D eigenvalue weighted by Gasteiger charge is -2.09. The van der Waals surface area contributed by atoms with Crippen molar-refractivity contribution in [1.29, 1.82) is 0 Å². The predicted molar refractivity (Wildman–Crippen MR) is 78.2 cm³/mol. The molecule has 0 fully saturated rings. The third-order valence-electron chi connectivity index (χ3n) is 2.40. The number of aromatic nitrogens is 1. The number of benzene rings is 1. The van der Waals surface area contributed by atoms with E-state index in [2.05, 4.69) is 9.71 Å². The number of pyridine rings is 1. The molecule has 2 aromatic rings. The molecule has 7 nitrogen and oxygen atoms in total. The van der Waals surface area contributed by atoms with Crippen molar-refractivity contribution < 1.29 is 13.3 Å². The molecule has 0 amide bonds. The van der Waals surface area contributed by atoms with Crippen LogP contribution in [0.1, 0.15) is 0 Å². The predicted octanol–water partition coefficient (Wildman–Crippen LogP) is 3.10. The fraction of sp³-hybridized carbons (Fsp3) is 0. The summed E-state index contributed by atoms with van der Waals surface area (Å²) >= 11 is 11.4. The summed E-state index contributed by atoms with van der Waals surface area (Å²) in [6.45, 7) is 0. The van der Waals surface area contributed by atoms with E-state index < -0.39 is 25.5 Å². The Morgan fingerprint density at radius 1 is 1.24 bits per heavy atom. The second kappa shape index (κ2) is 5.84. The Morgan fingerprint density at radius 3 is 2.57 bits per heavy atom. The Kier molecular flexibility index (Phi) is 4.31. The largest absolute Gasteiger partial charge is 0.291 e. The van der Waals surface area contributed by atoms with Gasteiger partial charge in [0.2, 0.25) is 0 Å². The van der Waals surface area contributed by atoms with E-state index in [1.807, 2.05) is 0 Å². The molecule has 0 radical (unpaired) electrons. The zero-order valence-corrected chi connectivity index (χ0v) is 12.5. The third-order valence-corrected chi connectivity index (χ3v) is 4.32. The summed E-state index contributed by atoms with van der Waals surface area (Å²) in [5.74, 6) is -0.122. The van der Waals surface area contributed by atoms with Gasteiger partial charge < -0.3 is 0 Å². The van der Waals surface area contributed by atoms with E-state index in [9.17, 15) is 18.5 Å². The van der Waals surface area contributed by atoms with Crippen LogP contribution in [0.2, 0.25) is 10.0 Å². The van der Waals surface area contributed by atoms with Gasteiger partial charge in [0.15, 0.2) is 10.7 Å². The van der Waals surface area contributed by atoms with Gasteiger partial charge >= 0.3 is 0 Å². The van der Waals surface area contributed by atoms with Crippen LogP contribution in [0.4, 0.5) is 11.5 Å². The van der Waals surface area contributed by atoms with Gasteiger partial charge in [-0.1, -0.05) is 23.2 Å². The van der Waals surface area contributed by atoms with Crippen LogP contribution >= 0.6 is 23.2 Å². The summed E-state index contributed by atoms with van der Waals surface area (Å²) in [7, 11) is -4.23. The maximum atomic E-state index is 12.2. The summed E-state index contributed by atoms with van der Waals surface area (Å²) in [4.78, 5) is 13.4. The number of anilines is 1. The lowest BCUT2D eigenvalue weighted by atomic mass is 10.3. The van der Waals surface area contributed by atoms with Crippen molar-refractivity contribution in [3.8, 4) is 0 Å². The van der Waals surface area contributed by atoms with Crippen LogP contribution in [0.3, 0.4) is 0 Å². The standard InChI is InChI=1S/C11H7Cl2N3O4S/c12-7-3-4-10(9(6-7)16(17)18)21(19,20)15-11-8(13)2-1-5-14-11/h1-6H,(H,14,15). The van der Waals surface area contributed by atoms with Gasteiger partial charge in [-0.2, -0.15) is 0 Å². The summed E-state index contributed by atoms with van der Waals surface area (Å²) < 4.78 is 26.6. The van der Waals surface area contributed by atoms with E-state index in [4.69, 9.17) is 23.2 Å². The molecule has 0 saturated carbocycles. The summed E-state index contributed by atoms with van der Waals surface area (Å²) in [5, 5.41) is 11.1. The van der Waals surface area contributed by atoms with E-state index in [0.717, 1.165) is 12.1 Å². The van der Waals surface area contributed by atoms with Gasteiger partial charge in [-0.3, -0.25) is 14.8 Å². The Balaban J connectivity index is 2.50. The lowest BCUT2D eigenvalue weighted by Crippen LogP contribution is -2.15. The van der Waals surface area contributed by atoms with Crippen LogP contribution in [0.25, 0.3) is 0 Å². The van der Waals surface area contributed by atoms with E-state index in [1.165, 1.54) is 24.4 Å². The molecule has 21 heavy (non-hydrogen) atoms. The van der Waals surface area contributed by atoms with Crippen LogP contribution in [-0.4, -0.2) is 18.3 Å². The van der Waals surface area contributed by atoms with E-state index >= 15 is 0 Å². The van der Waals surface area contributed by atoms with Crippen LogP contribution in [-0.2, 0) is 10.0 Å². The van der Waals surface area contributed by atoms with Gasteiger partial charge in [0.05, 0.1) is 9.95 Å². The molecule has 0 unspecified atom stereocenters. The lowest BCUT2D eigenvalue weighted by molar-refractivity contribution is -0.387. The molecular formula is C11H7Cl2N3O4S. The highest BCUT2D eigenvalue weighted by molar-refractivity contribution is 7.92. The molecule has 10 heteroatoms. The molecule has 1 aromatic heterocycles. The normalized spacial score (nSPS) is 11.1. The number of nitro benzene ring substituents is 1. The first-order chi connectivity index (χ1) is 9.81. The van der Waals surface area contributed by atoms with E-state index in [1.54, 1.807) is 0 Å². The molecule has 0 aliphatic rings. The highest BCUT2D eigenvalue weighted by atomic mass is 35.5. The molecule has 1 heterocycles. The molecule has 0 saturated heterocycles. The van der Waals surface area contributed by atoms with Crippen molar-refractivity contribution in [1.82, 2.24) is 4.98 Å². The monoisotopic (exact) mass is 347 g/mol. The zero-order valence-electron chi connectivity index (χ0n) is 10.2. The molecule has 2 rings (SSSR count). The van der Waals surface area contributed by atoms with Crippen LogP contribution in [0.5, 0.6) is 0 Å². The minimum absolute atomic E-state index is 0.0523. The van der Waals surface area contributed by atoms with Crippen molar-refractivity contribution in [2.75, 3.05) is 4.72 Å². The second-order valence-electron chi connectivity index (χ2n) is 3.81. The number of halogens is 2. The molecule has 110 valence electrons. The van der Waals surface area contributed by atoms with E-state index in [-0.39, 0.29) is 15.9 Å². The topological polar surface area (TPSA) is 102 Å². The minimum Gasteiger partial charge on any atom is -0.262 e. The number of nitrogens with zero attached hydrogens (tertiary/aromatic N) is 2. The van der Waals surface area contributed by atoms with Gasteiger partial charge in [0.1, 0.15) is 0 Å². The highest BCUT2D eigenvalue weighted by Gasteiger charge is 2.27. The first kappa shape index (κ1) is 15.5. The number of rotatable bonds is 4. The molecule has 0 atom stereocenters. The van der Waals surface area contributed by atoms with Crippen molar-refractivity contribution in [2.45, 2.75) is 4.90 Å². The average Bonchev–Trinajstić information content (AvgIpc) is 2.40. The first-order valence-electron chi connectivity index (χ1n) is 5.38. The molecule has 0 aliphatic carbocycles. The van der Waals surface area contributed by atoms with E-state index in [0.29, 0.717) is 0 Å². The van der Waals surface area contributed by atoms with Crippen molar-refractivity contribution in [3.63, 3.8) is 0 Å². The summed E-state index contributed by atoms with van der Waals surface area (Å²) in [5.41, 5.74) is -0.637. The Bertz CT molecular complexity index is 811. The third kappa shape index (κ3) is 3.41. The number of hydrogen-bond donors (Lipinski definition) is 1. The van der Waals surface area contributed by atoms with Crippen molar-refractivity contribution in [2.24, 2.45) is 0 Å². The molecule has 0 bridgehead atoms. The average molecular weight is 348 g/mol. The molecule has 1 N–H and O–H groups in total. The van der Waals surface area contributed by atoms with Gasteiger partial charge in [-0.25, -0.2) is 13.4 Å². The van der Waals surface area contributed by atoms with Gasteiger partial charge in [0.25, 0.3) is 15.7 Å². The molecular weight excluding hydrogens is 341 g/mol. The second-order valence-corrected chi connectivity index (χ2v) is 6.30. The fourth-order valence-electron chi connectivity index (χ4n) is 1.50. The van der Waals surface area contributed by atoms with Gasteiger partial charge in [0, 0.05) is 17.3 Å². The fourth-order valence-corrected chi connectivity index (χ4v) is 3.08. The maximum absolute atomic E-state index is 12.2. The van der Waals surface area contributed by atoms with Gasteiger partial charge in [-0.15, -0.1) is 0 Å². The molecule has 0 spiro atoms. The SMILES string of the molecule is O=[N+]([O-])c1cc(Cl)ccc1S(=O)(=O)Nc1ncccc1Cl. The number of nitrogens with one attached hydrogen (secondary N) is 1. The zero-order chi connectivity index (χ0) is 15.6. The van der Waals surface area contributed by atoms with Crippen LogP contribution < -0.4 is 4.72 Å². The first-order valence-corrected chi connectivity index (χ1v) is 7.62. The van der Waals surface area contributed by atoms with Gasteiger partial charge in [-0.05, 0) is 24.3 Å². The van der Waals surface area contributed by atoms with Crippen molar-refractivity contribution >= 4 is 44.7 Å². The molecule has 1 aromatic carbocycles. The minimum atomic E-state index is -4.23. The van der Waals surface area contributed by atoms with Crippen LogP contribution in [0.15, 0.2) is 41.4 Å². The Hall–Kier alpha value is -1.90. The van der Waals surface area contributed by atoms with Crippen molar-refractivity contribution in [3.05, 3.63) is 56.7 Å². The quantitative estimate of drug-likeness (QED) is 0.676. The van der Waals surface area contributed by atoms with Crippen LogP contribution in [0, 0.1) is 10.1 Å². The maximum Gasteiger partial charge on any atom is 0.291 e. The summed E-state index contributed by atoms with van der Waals surface area (Å²) in [6.07, 6.45) is 1.33. The molecule has 0 aliphatic heterocycles. The number of hydrogen-bond acceptors (Lipinski definition) is 5. The number of nitro groups is 1.